The number of hydrogen-bond acceptors (Lipinski definition) is 6. The van der Waals surface area contributed by atoms with E-state index in [4.69, 9.17) is 24.0 Å². The van der Waals surface area contributed by atoms with Crippen LogP contribution in [-0.2, 0) is 11.3 Å². The van der Waals surface area contributed by atoms with E-state index < -0.39 is 0 Å². The number of hydrazone groups is 1. The standard InChI is InChI=1S/C25H30N2O5/c1-29-18-11-16(12-19(14-18)30-2)15-27-25(28)21-8-6-5-7-20(21)24(26-27)17-9-10-22(31-3)23(13-17)32-4/h9-14,20-21H,5-8,15H2,1-4H3/t20-,21+/m1/s1. The fraction of sp³-hybridized carbons (Fsp3) is 0.440. The minimum Gasteiger partial charge on any atom is -0.497 e. The van der Waals surface area contributed by atoms with Crippen LogP contribution in [0.25, 0.3) is 0 Å². The Morgan fingerprint density at radius 1 is 0.844 bits per heavy atom. The first-order valence-corrected chi connectivity index (χ1v) is 10.9. The fourth-order valence-corrected chi connectivity index (χ4v) is 4.71. The zero-order valence-electron chi connectivity index (χ0n) is 19.1. The molecular formula is C25H30N2O5. The van der Waals surface area contributed by atoms with Crippen LogP contribution >= 0.6 is 0 Å². The Hall–Kier alpha value is -3.22. The van der Waals surface area contributed by atoms with Crippen molar-refractivity contribution in [1.82, 2.24) is 5.01 Å². The third-order valence-corrected chi connectivity index (χ3v) is 6.34. The van der Waals surface area contributed by atoms with Crippen LogP contribution in [0, 0.1) is 11.8 Å². The third-order valence-electron chi connectivity index (χ3n) is 6.34. The molecule has 1 heterocycles. The lowest BCUT2D eigenvalue weighted by Gasteiger charge is -2.38. The van der Waals surface area contributed by atoms with E-state index in [-0.39, 0.29) is 17.7 Å². The van der Waals surface area contributed by atoms with Crippen LogP contribution < -0.4 is 18.9 Å². The normalized spacial score (nSPS) is 20.3. The molecule has 0 aromatic heterocycles. The van der Waals surface area contributed by atoms with Crippen molar-refractivity contribution < 1.29 is 23.7 Å². The smallest absolute Gasteiger partial charge is 0.246 e. The fourth-order valence-electron chi connectivity index (χ4n) is 4.71. The van der Waals surface area contributed by atoms with Gasteiger partial charge in [-0.25, -0.2) is 5.01 Å². The van der Waals surface area contributed by atoms with Crippen LogP contribution in [0.1, 0.15) is 36.8 Å². The molecule has 7 nitrogen and oxygen atoms in total. The highest BCUT2D eigenvalue weighted by Crippen LogP contribution is 2.39. The lowest BCUT2D eigenvalue weighted by molar-refractivity contribution is -0.139. The van der Waals surface area contributed by atoms with Crippen LogP contribution in [0.15, 0.2) is 41.5 Å². The van der Waals surface area contributed by atoms with E-state index in [2.05, 4.69) is 0 Å². The molecule has 2 aliphatic rings. The van der Waals surface area contributed by atoms with Gasteiger partial charge in [0.2, 0.25) is 5.91 Å². The molecule has 0 N–H and O–H groups in total. The zero-order valence-corrected chi connectivity index (χ0v) is 19.1. The molecule has 0 unspecified atom stereocenters. The van der Waals surface area contributed by atoms with Gasteiger partial charge < -0.3 is 18.9 Å². The van der Waals surface area contributed by atoms with Gasteiger partial charge in [0.1, 0.15) is 11.5 Å². The number of ether oxygens (including phenoxy) is 4. The second-order valence-corrected chi connectivity index (χ2v) is 8.17. The van der Waals surface area contributed by atoms with Crippen LogP contribution in [0.2, 0.25) is 0 Å². The van der Waals surface area contributed by atoms with Gasteiger partial charge in [-0.2, -0.15) is 5.10 Å². The van der Waals surface area contributed by atoms with E-state index in [0.717, 1.165) is 42.5 Å². The van der Waals surface area contributed by atoms with Crippen molar-refractivity contribution in [2.45, 2.75) is 32.2 Å². The molecule has 0 radical (unpaired) electrons. The van der Waals surface area contributed by atoms with Gasteiger partial charge in [0.05, 0.1) is 40.7 Å². The Kier molecular flexibility index (Phi) is 6.53. The summed E-state index contributed by atoms with van der Waals surface area (Å²) in [6.45, 7) is 0.354. The molecule has 1 amide bonds. The Morgan fingerprint density at radius 2 is 1.50 bits per heavy atom. The van der Waals surface area contributed by atoms with Crippen molar-refractivity contribution in [3.05, 3.63) is 47.5 Å². The lowest BCUT2D eigenvalue weighted by Crippen LogP contribution is -2.45. The van der Waals surface area contributed by atoms with E-state index in [0.29, 0.717) is 29.5 Å². The molecule has 2 atom stereocenters. The van der Waals surface area contributed by atoms with Crippen molar-refractivity contribution in [2.24, 2.45) is 16.9 Å². The van der Waals surface area contributed by atoms with Crippen molar-refractivity contribution in [3.8, 4) is 23.0 Å². The maximum absolute atomic E-state index is 13.4. The van der Waals surface area contributed by atoms with Gasteiger partial charge >= 0.3 is 0 Å². The van der Waals surface area contributed by atoms with E-state index in [9.17, 15) is 4.79 Å². The molecule has 1 fully saturated rings. The first-order chi connectivity index (χ1) is 15.6. The maximum Gasteiger partial charge on any atom is 0.246 e. The number of amides is 1. The van der Waals surface area contributed by atoms with E-state index in [1.807, 2.05) is 36.4 Å². The van der Waals surface area contributed by atoms with Crippen molar-refractivity contribution in [1.29, 1.82) is 0 Å². The highest BCUT2D eigenvalue weighted by molar-refractivity contribution is 6.07. The predicted molar refractivity (Wildman–Crippen MR) is 122 cm³/mol. The summed E-state index contributed by atoms with van der Waals surface area (Å²) in [5, 5.41) is 6.48. The Labute approximate surface area is 188 Å². The second-order valence-electron chi connectivity index (χ2n) is 8.17. The monoisotopic (exact) mass is 438 g/mol. The summed E-state index contributed by atoms with van der Waals surface area (Å²) in [4.78, 5) is 13.4. The van der Waals surface area contributed by atoms with Gasteiger partial charge in [0.15, 0.2) is 11.5 Å². The molecule has 1 aliphatic heterocycles. The molecule has 0 saturated heterocycles. The van der Waals surface area contributed by atoms with Crippen LogP contribution in [0.3, 0.4) is 0 Å². The minimum atomic E-state index is -0.0585. The van der Waals surface area contributed by atoms with Crippen LogP contribution in [0.4, 0.5) is 0 Å². The average Bonchev–Trinajstić information content (AvgIpc) is 2.85. The Bertz CT molecular complexity index is 997. The van der Waals surface area contributed by atoms with Gasteiger partial charge in [0.25, 0.3) is 0 Å². The average molecular weight is 439 g/mol. The van der Waals surface area contributed by atoms with E-state index >= 15 is 0 Å². The first kappa shape index (κ1) is 22.0. The highest BCUT2D eigenvalue weighted by atomic mass is 16.5. The number of benzene rings is 2. The summed E-state index contributed by atoms with van der Waals surface area (Å²) in [5.41, 5.74) is 2.80. The summed E-state index contributed by atoms with van der Waals surface area (Å²) in [6.07, 6.45) is 4.01. The van der Waals surface area contributed by atoms with Gasteiger partial charge in [0, 0.05) is 23.5 Å². The molecule has 4 rings (SSSR count). The maximum atomic E-state index is 13.4. The zero-order chi connectivity index (χ0) is 22.7. The van der Waals surface area contributed by atoms with E-state index in [1.54, 1.807) is 33.4 Å². The minimum absolute atomic E-state index is 0.0585. The van der Waals surface area contributed by atoms with Crippen LogP contribution in [-0.4, -0.2) is 45.1 Å². The van der Waals surface area contributed by atoms with Gasteiger partial charge in [-0.1, -0.05) is 12.8 Å². The summed E-state index contributed by atoms with van der Waals surface area (Å²) in [5.74, 6) is 2.83. The van der Waals surface area contributed by atoms with Crippen LogP contribution in [0.5, 0.6) is 23.0 Å². The summed E-state index contributed by atoms with van der Waals surface area (Å²) >= 11 is 0. The molecule has 2 aromatic carbocycles. The lowest BCUT2D eigenvalue weighted by atomic mass is 9.73. The molecule has 1 aliphatic carbocycles. The van der Waals surface area contributed by atoms with Crippen molar-refractivity contribution >= 4 is 11.6 Å². The van der Waals surface area contributed by atoms with Gasteiger partial charge in [-0.3, -0.25) is 4.79 Å². The third kappa shape index (κ3) is 4.24. The SMILES string of the molecule is COc1cc(CN2N=C(c3ccc(OC)c(OC)c3)[C@@H]3CCCC[C@@H]3C2=O)cc(OC)c1. The largest absolute Gasteiger partial charge is 0.497 e. The number of fused-ring (bicyclic) bond motifs is 1. The molecular weight excluding hydrogens is 408 g/mol. The number of rotatable bonds is 7. The number of hydrogen-bond donors (Lipinski definition) is 0. The quantitative estimate of drug-likeness (QED) is 0.646. The Morgan fingerprint density at radius 3 is 2.12 bits per heavy atom. The Balaban J connectivity index is 1.73. The number of nitrogens with zero attached hydrogens (tertiary/aromatic N) is 2. The molecule has 1 saturated carbocycles. The molecule has 32 heavy (non-hydrogen) atoms. The van der Waals surface area contributed by atoms with Crippen molar-refractivity contribution in [2.75, 3.05) is 28.4 Å². The highest BCUT2D eigenvalue weighted by Gasteiger charge is 2.41. The summed E-state index contributed by atoms with van der Waals surface area (Å²) in [6, 6.07) is 11.5. The first-order valence-electron chi connectivity index (χ1n) is 10.9. The summed E-state index contributed by atoms with van der Waals surface area (Å²) in [7, 11) is 6.48. The molecule has 0 bridgehead atoms. The molecule has 0 spiro atoms. The molecule has 2 aromatic rings. The number of methoxy groups -OCH3 is 4. The molecule has 7 heteroatoms. The predicted octanol–water partition coefficient (Wildman–Crippen LogP) is 4.27. The second kappa shape index (κ2) is 9.51. The number of carbonyl (C=O) groups excluding carboxylic acids is 1. The van der Waals surface area contributed by atoms with E-state index in [1.165, 1.54) is 0 Å². The summed E-state index contributed by atoms with van der Waals surface area (Å²) < 4.78 is 21.7. The number of carbonyl (C=O) groups is 1. The molecule has 170 valence electrons. The topological polar surface area (TPSA) is 69.6 Å². The van der Waals surface area contributed by atoms with Crippen molar-refractivity contribution in [3.63, 3.8) is 0 Å². The van der Waals surface area contributed by atoms with Gasteiger partial charge in [-0.05, 0) is 48.7 Å². The van der Waals surface area contributed by atoms with Gasteiger partial charge in [-0.15, -0.1) is 0 Å².